The Morgan fingerprint density at radius 1 is 1.00 bits per heavy atom. The molecular formula is C24H31N3O4. The van der Waals surface area contributed by atoms with Gasteiger partial charge >= 0.3 is 0 Å². The molecule has 7 nitrogen and oxygen atoms in total. The minimum absolute atomic E-state index is 0.0483. The van der Waals surface area contributed by atoms with Gasteiger partial charge in [-0.25, -0.2) is 0 Å². The minimum atomic E-state index is -0.324. The number of methoxy groups -OCH3 is 2. The van der Waals surface area contributed by atoms with Crippen LogP contribution in [0.25, 0.3) is 0 Å². The lowest BCUT2D eigenvalue weighted by Gasteiger charge is -2.27. The highest BCUT2D eigenvalue weighted by atomic mass is 16.5. The molecule has 166 valence electrons. The molecule has 0 saturated carbocycles. The van der Waals surface area contributed by atoms with Gasteiger partial charge in [0, 0.05) is 14.1 Å². The van der Waals surface area contributed by atoms with Crippen LogP contribution in [0.4, 0.5) is 0 Å². The zero-order valence-corrected chi connectivity index (χ0v) is 18.6. The summed E-state index contributed by atoms with van der Waals surface area (Å²) in [6.07, 6.45) is 1.70. The standard InChI is InChI=1S/C24H31N3O4/c1-26(2)24(29)21-6-5-15-27(21)16-22(28)25-23(17-7-11-19(30-3)12-8-17)18-9-13-20(31-4)14-10-18/h7-14,21,23H,5-6,15-16H2,1-4H3,(H,25,28). The summed E-state index contributed by atoms with van der Waals surface area (Å²) >= 11 is 0. The average Bonchev–Trinajstić information content (AvgIpc) is 3.25. The average molecular weight is 426 g/mol. The van der Waals surface area contributed by atoms with Gasteiger partial charge in [-0.3, -0.25) is 14.5 Å². The van der Waals surface area contributed by atoms with Crippen LogP contribution in [0.5, 0.6) is 11.5 Å². The maximum Gasteiger partial charge on any atom is 0.239 e. The van der Waals surface area contributed by atoms with E-state index >= 15 is 0 Å². The van der Waals surface area contributed by atoms with Crippen LogP contribution >= 0.6 is 0 Å². The lowest BCUT2D eigenvalue weighted by atomic mass is 9.98. The predicted octanol–water partition coefficient (Wildman–Crippen LogP) is 2.46. The van der Waals surface area contributed by atoms with Crippen molar-refractivity contribution in [3.8, 4) is 11.5 Å². The third-order valence-corrected chi connectivity index (χ3v) is 5.64. The van der Waals surface area contributed by atoms with E-state index < -0.39 is 0 Å². The Morgan fingerprint density at radius 3 is 1.97 bits per heavy atom. The van der Waals surface area contributed by atoms with Crippen LogP contribution in [-0.4, -0.2) is 69.1 Å². The fourth-order valence-electron chi connectivity index (χ4n) is 3.94. The van der Waals surface area contributed by atoms with E-state index in [0.717, 1.165) is 42.0 Å². The smallest absolute Gasteiger partial charge is 0.239 e. The van der Waals surface area contributed by atoms with Crippen LogP contribution in [-0.2, 0) is 9.59 Å². The highest BCUT2D eigenvalue weighted by Gasteiger charge is 2.33. The van der Waals surface area contributed by atoms with Gasteiger partial charge in [0.25, 0.3) is 0 Å². The molecule has 1 N–H and O–H groups in total. The van der Waals surface area contributed by atoms with Crippen LogP contribution in [0, 0.1) is 0 Å². The Hall–Kier alpha value is -3.06. The zero-order chi connectivity index (χ0) is 22.4. The molecule has 1 unspecified atom stereocenters. The summed E-state index contributed by atoms with van der Waals surface area (Å²) in [7, 11) is 6.75. The van der Waals surface area contributed by atoms with E-state index in [9.17, 15) is 9.59 Å². The Labute approximate surface area is 183 Å². The zero-order valence-electron chi connectivity index (χ0n) is 18.6. The summed E-state index contributed by atoms with van der Waals surface area (Å²) in [5.41, 5.74) is 1.89. The number of ether oxygens (including phenoxy) is 2. The van der Waals surface area contributed by atoms with E-state index in [4.69, 9.17) is 9.47 Å². The number of amides is 2. The number of likely N-dealkylation sites (N-methyl/N-ethyl adjacent to an activating group) is 1. The summed E-state index contributed by atoms with van der Waals surface area (Å²) in [5, 5.41) is 3.15. The van der Waals surface area contributed by atoms with Crippen LogP contribution in [0.2, 0.25) is 0 Å². The van der Waals surface area contributed by atoms with Gasteiger partial charge in [-0.1, -0.05) is 24.3 Å². The molecule has 2 aromatic carbocycles. The van der Waals surface area contributed by atoms with E-state index in [1.54, 1.807) is 33.2 Å². The molecule has 1 aliphatic heterocycles. The lowest BCUT2D eigenvalue weighted by molar-refractivity contribution is -0.134. The monoisotopic (exact) mass is 425 g/mol. The number of carbonyl (C=O) groups excluding carboxylic acids is 2. The fourth-order valence-corrected chi connectivity index (χ4v) is 3.94. The van der Waals surface area contributed by atoms with Gasteiger partial charge in [0.05, 0.1) is 32.8 Å². The molecule has 1 fully saturated rings. The first kappa shape index (κ1) is 22.6. The van der Waals surface area contributed by atoms with Crippen molar-refractivity contribution in [2.24, 2.45) is 0 Å². The molecule has 7 heteroatoms. The summed E-state index contributed by atoms with van der Waals surface area (Å²) in [6, 6.07) is 14.7. The number of benzene rings is 2. The van der Waals surface area contributed by atoms with Crippen molar-refractivity contribution >= 4 is 11.8 Å². The van der Waals surface area contributed by atoms with Crippen molar-refractivity contribution in [3.63, 3.8) is 0 Å². The van der Waals surface area contributed by atoms with Gasteiger partial charge < -0.3 is 19.7 Å². The van der Waals surface area contributed by atoms with Gasteiger partial charge in [0.15, 0.2) is 0 Å². The molecule has 0 radical (unpaired) electrons. The number of nitrogens with zero attached hydrogens (tertiary/aromatic N) is 2. The number of nitrogens with one attached hydrogen (secondary N) is 1. The van der Waals surface area contributed by atoms with Gasteiger partial charge in [0.1, 0.15) is 11.5 Å². The number of likely N-dealkylation sites (tertiary alicyclic amines) is 1. The second-order valence-corrected chi connectivity index (χ2v) is 7.91. The number of rotatable bonds is 8. The molecule has 1 saturated heterocycles. The summed E-state index contributed by atoms with van der Waals surface area (Å²) in [5.74, 6) is 1.44. The van der Waals surface area contributed by atoms with E-state index in [0.29, 0.717) is 0 Å². The van der Waals surface area contributed by atoms with Crippen LogP contribution < -0.4 is 14.8 Å². The van der Waals surface area contributed by atoms with E-state index in [1.807, 2.05) is 53.4 Å². The molecule has 3 rings (SSSR count). The second kappa shape index (κ2) is 10.3. The Balaban J connectivity index is 1.78. The first-order valence-electron chi connectivity index (χ1n) is 10.5. The van der Waals surface area contributed by atoms with Crippen molar-refractivity contribution in [2.45, 2.75) is 24.9 Å². The SMILES string of the molecule is COc1ccc(C(NC(=O)CN2CCCC2C(=O)N(C)C)c2ccc(OC)cc2)cc1. The lowest BCUT2D eigenvalue weighted by Crippen LogP contribution is -2.47. The van der Waals surface area contributed by atoms with Crippen molar-refractivity contribution < 1.29 is 19.1 Å². The predicted molar refractivity (Wildman–Crippen MR) is 119 cm³/mol. The number of hydrogen-bond acceptors (Lipinski definition) is 5. The molecule has 0 spiro atoms. The third kappa shape index (κ3) is 5.55. The van der Waals surface area contributed by atoms with Gasteiger partial charge in [-0.15, -0.1) is 0 Å². The molecule has 0 bridgehead atoms. The number of carbonyl (C=O) groups is 2. The Kier molecular flexibility index (Phi) is 7.52. The van der Waals surface area contributed by atoms with Crippen LogP contribution in [0.1, 0.15) is 30.0 Å². The molecule has 0 aromatic heterocycles. The summed E-state index contributed by atoms with van der Waals surface area (Å²) in [4.78, 5) is 29.0. The third-order valence-electron chi connectivity index (χ3n) is 5.64. The van der Waals surface area contributed by atoms with Crippen molar-refractivity contribution in [1.29, 1.82) is 0 Å². The van der Waals surface area contributed by atoms with E-state index in [2.05, 4.69) is 5.32 Å². The molecule has 2 amide bonds. The van der Waals surface area contributed by atoms with Gasteiger partial charge in [0.2, 0.25) is 11.8 Å². The highest BCUT2D eigenvalue weighted by Crippen LogP contribution is 2.26. The van der Waals surface area contributed by atoms with E-state index in [1.165, 1.54) is 0 Å². The van der Waals surface area contributed by atoms with Crippen LogP contribution in [0.15, 0.2) is 48.5 Å². The second-order valence-electron chi connectivity index (χ2n) is 7.91. The largest absolute Gasteiger partial charge is 0.497 e. The normalized spacial score (nSPS) is 16.2. The molecule has 31 heavy (non-hydrogen) atoms. The highest BCUT2D eigenvalue weighted by molar-refractivity contribution is 5.84. The van der Waals surface area contributed by atoms with Gasteiger partial charge in [-0.05, 0) is 54.8 Å². The molecule has 0 aliphatic carbocycles. The van der Waals surface area contributed by atoms with Crippen molar-refractivity contribution in [1.82, 2.24) is 15.1 Å². The van der Waals surface area contributed by atoms with Crippen molar-refractivity contribution in [2.75, 3.05) is 41.4 Å². The molecule has 1 heterocycles. The summed E-state index contributed by atoms with van der Waals surface area (Å²) in [6.45, 7) is 0.931. The molecule has 2 aromatic rings. The minimum Gasteiger partial charge on any atom is -0.497 e. The first-order valence-corrected chi connectivity index (χ1v) is 10.5. The first-order chi connectivity index (χ1) is 14.9. The quantitative estimate of drug-likeness (QED) is 0.704. The molecular weight excluding hydrogens is 394 g/mol. The maximum atomic E-state index is 13.0. The molecule has 1 aliphatic rings. The summed E-state index contributed by atoms with van der Waals surface area (Å²) < 4.78 is 10.5. The maximum absolute atomic E-state index is 13.0. The van der Waals surface area contributed by atoms with Crippen LogP contribution in [0.3, 0.4) is 0 Å². The molecule has 1 atom stereocenters. The fraction of sp³-hybridized carbons (Fsp3) is 0.417. The van der Waals surface area contributed by atoms with Crippen molar-refractivity contribution in [3.05, 3.63) is 59.7 Å². The Bertz CT molecular complexity index is 833. The number of hydrogen-bond donors (Lipinski definition) is 1. The van der Waals surface area contributed by atoms with Gasteiger partial charge in [-0.2, -0.15) is 0 Å². The van der Waals surface area contributed by atoms with E-state index in [-0.39, 0.29) is 30.4 Å². The topological polar surface area (TPSA) is 71.1 Å². The Morgan fingerprint density at radius 2 is 1.52 bits per heavy atom.